The van der Waals surface area contributed by atoms with Crippen LogP contribution in [0.2, 0.25) is 0 Å². The fourth-order valence-corrected chi connectivity index (χ4v) is 1.36. The summed E-state index contributed by atoms with van der Waals surface area (Å²) in [4.78, 5) is 15.4. The average Bonchev–Trinajstić information content (AvgIpc) is 2.47. The highest BCUT2D eigenvalue weighted by Gasteiger charge is 2.04. The second-order valence-electron chi connectivity index (χ2n) is 3.77. The van der Waals surface area contributed by atoms with Crippen molar-refractivity contribution in [3.8, 4) is 5.75 Å². The lowest BCUT2D eigenvalue weighted by atomic mass is 10.3. The lowest BCUT2D eigenvalue weighted by Crippen LogP contribution is -2.24. The van der Waals surface area contributed by atoms with Gasteiger partial charge in [-0.05, 0) is 24.3 Å². The van der Waals surface area contributed by atoms with Crippen molar-refractivity contribution in [3.63, 3.8) is 0 Å². The molecule has 0 aliphatic heterocycles. The summed E-state index contributed by atoms with van der Waals surface area (Å²) in [5, 5.41) is 3.72. The monoisotopic (exact) mass is 273 g/mol. The maximum atomic E-state index is 13.2. The Morgan fingerprint density at radius 1 is 1.30 bits per heavy atom. The third kappa shape index (κ3) is 4.16. The van der Waals surface area contributed by atoms with Gasteiger partial charge in [0.2, 0.25) is 0 Å². The van der Waals surface area contributed by atoms with E-state index >= 15 is 0 Å². The Labute approximate surface area is 115 Å². The molecular formula is C14H12FN3O2. The third-order valence-corrected chi connectivity index (χ3v) is 2.27. The Balaban J connectivity index is 1.79. The van der Waals surface area contributed by atoms with E-state index in [9.17, 15) is 9.18 Å². The highest BCUT2D eigenvalue weighted by Crippen LogP contribution is 2.14. The smallest absolute Gasteiger partial charge is 0.277 e. The molecule has 1 heterocycles. The van der Waals surface area contributed by atoms with Crippen molar-refractivity contribution in [2.45, 2.75) is 0 Å². The minimum atomic E-state index is -0.516. The number of carbonyl (C=O) groups excluding carboxylic acids is 1. The molecule has 1 aromatic heterocycles. The van der Waals surface area contributed by atoms with Crippen molar-refractivity contribution in [3.05, 3.63) is 60.2 Å². The Kier molecular flexibility index (Phi) is 4.77. The van der Waals surface area contributed by atoms with Crippen LogP contribution in [0.15, 0.2) is 53.8 Å². The summed E-state index contributed by atoms with van der Waals surface area (Å²) >= 11 is 0. The number of benzene rings is 1. The number of amides is 1. The van der Waals surface area contributed by atoms with E-state index in [4.69, 9.17) is 4.74 Å². The van der Waals surface area contributed by atoms with E-state index in [1.54, 1.807) is 36.5 Å². The van der Waals surface area contributed by atoms with Crippen molar-refractivity contribution in [1.82, 2.24) is 10.4 Å². The minimum absolute atomic E-state index is 0.0244. The highest BCUT2D eigenvalue weighted by molar-refractivity contribution is 5.81. The lowest BCUT2D eigenvalue weighted by molar-refractivity contribution is -0.123. The van der Waals surface area contributed by atoms with Gasteiger partial charge >= 0.3 is 0 Å². The molecule has 0 atom stereocenters. The van der Waals surface area contributed by atoms with Gasteiger partial charge in [0.25, 0.3) is 5.91 Å². The summed E-state index contributed by atoms with van der Waals surface area (Å²) in [6, 6.07) is 11.2. The zero-order valence-corrected chi connectivity index (χ0v) is 10.5. The molecule has 0 fully saturated rings. The third-order valence-electron chi connectivity index (χ3n) is 2.27. The van der Waals surface area contributed by atoms with E-state index in [0.29, 0.717) is 5.69 Å². The Morgan fingerprint density at radius 2 is 2.10 bits per heavy atom. The minimum Gasteiger partial charge on any atom is -0.481 e. The summed E-state index contributed by atoms with van der Waals surface area (Å²) in [6.07, 6.45) is 3.02. The van der Waals surface area contributed by atoms with Crippen molar-refractivity contribution in [2.75, 3.05) is 6.61 Å². The maximum Gasteiger partial charge on any atom is 0.277 e. The number of pyridine rings is 1. The molecule has 5 nitrogen and oxygen atoms in total. The van der Waals surface area contributed by atoms with E-state index in [0.717, 1.165) is 0 Å². The molecule has 0 saturated heterocycles. The Bertz CT molecular complexity index is 602. The van der Waals surface area contributed by atoms with Gasteiger partial charge in [-0.2, -0.15) is 5.10 Å². The van der Waals surface area contributed by atoms with Crippen LogP contribution in [0.1, 0.15) is 5.69 Å². The van der Waals surface area contributed by atoms with Gasteiger partial charge in [-0.3, -0.25) is 9.78 Å². The van der Waals surface area contributed by atoms with Crippen molar-refractivity contribution < 1.29 is 13.9 Å². The van der Waals surface area contributed by atoms with Crippen LogP contribution in [0.25, 0.3) is 0 Å². The summed E-state index contributed by atoms with van der Waals surface area (Å²) in [7, 11) is 0. The van der Waals surface area contributed by atoms with Gasteiger partial charge in [0, 0.05) is 6.20 Å². The second kappa shape index (κ2) is 6.98. The Morgan fingerprint density at radius 3 is 2.85 bits per heavy atom. The molecule has 6 heteroatoms. The first kappa shape index (κ1) is 13.7. The van der Waals surface area contributed by atoms with Gasteiger partial charge in [0.15, 0.2) is 18.2 Å². The number of hydrogen-bond donors (Lipinski definition) is 1. The fraction of sp³-hybridized carbons (Fsp3) is 0.0714. The number of rotatable bonds is 5. The number of ether oxygens (including phenoxy) is 1. The van der Waals surface area contributed by atoms with E-state index in [-0.39, 0.29) is 12.4 Å². The standard InChI is InChI=1S/C14H12FN3O2/c15-12-6-1-2-7-13(12)20-10-14(19)18-17-9-11-5-3-4-8-16-11/h1-9H,10H2,(H,18,19)/b17-9-. The van der Waals surface area contributed by atoms with Gasteiger partial charge < -0.3 is 4.74 Å². The molecule has 102 valence electrons. The van der Waals surface area contributed by atoms with Gasteiger partial charge in [-0.25, -0.2) is 9.82 Å². The molecule has 0 aliphatic rings. The predicted molar refractivity (Wildman–Crippen MR) is 71.9 cm³/mol. The molecule has 2 aromatic rings. The molecular weight excluding hydrogens is 261 g/mol. The van der Waals surface area contributed by atoms with E-state index in [2.05, 4.69) is 15.5 Å². The van der Waals surface area contributed by atoms with Crippen LogP contribution < -0.4 is 10.2 Å². The van der Waals surface area contributed by atoms with Crippen molar-refractivity contribution >= 4 is 12.1 Å². The summed E-state index contributed by atoms with van der Waals surface area (Å²) in [5.74, 6) is -0.978. The maximum absolute atomic E-state index is 13.2. The van der Waals surface area contributed by atoms with Crippen LogP contribution in [-0.2, 0) is 4.79 Å². The van der Waals surface area contributed by atoms with Crippen LogP contribution in [-0.4, -0.2) is 23.7 Å². The number of hydrazone groups is 1. The number of para-hydroxylation sites is 1. The lowest BCUT2D eigenvalue weighted by Gasteiger charge is -2.05. The van der Waals surface area contributed by atoms with Gasteiger partial charge in [0.1, 0.15) is 0 Å². The van der Waals surface area contributed by atoms with Crippen LogP contribution in [0, 0.1) is 5.82 Å². The second-order valence-corrected chi connectivity index (χ2v) is 3.77. The first-order valence-corrected chi connectivity index (χ1v) is 5.86. The van der Waals surface area contributed by atoms with Gasteiger partial charge in [0.05, 0.1) is 11.9 Å². The van der Waals surface area contributed by atoms with Crippen LogP contribution >= 0.6 is 0 Å². The first-order valence-electron chi connectivity index (χ1n) is 5.86. The van der Waals surface area contributed by atoms with Crippen LogP contribution in [0.3, 0.4) is 0 Å². The molecule has 0 bridgehead atoms. The normalized spacial score (nSPS) is 10.4. The number of halogens is 1. The van der Waals surface area contributed by atoms with Crippen molar-refractivity contribution in [2.24, 2.45) is 5.10 Å². The van der Waals surface area contributed by atoms with E-state index in [1.165, 1.54) is 18.3 Å². The zero-order valence-electron chi connectivity index (χ0n) is 10.5. The van der Waals surface area contributed by atoms with Gasteiger partial charge in [-0.1, -0.05) is 18.2 Å². The largest absolute Gasteiger partial charge is 0.481 e. The number of nitrogens with one attached hydrogen (secondary N) is 1. The average molecular weight is 273 g/mol. The summed E-state index contributed by atoms with van der Waals surface area (Å²) in [6.45, 7) is -0.319. The summed E-state index contributed by atoms with van der Waals surface area (Å²) < 4.78 is 18.2. The number of hydrogen-bond acceptors (Lipinski definition) is 4. The molecule has 0 unspecified atom stereocenters. The molecule has 1 N–H and O–H groups in total. The molecule has 0 radical (unpaired) electrons. The van der Waals surface area contributed by atoms with Crippen LogP contribution in [0.4, 0.5) is 4.39 Å². The fourth-order valence-electron chi connectivity index (χ4n) is 1.36. The highest BCUT2D eigenvalue weighted by atomic mass is 19.1. The molecule has 2 rings (SSSR count). The van der Waals surface area contributed by atoms with E-state index < -0.39 is 11.7 Å². The molecule has 0 spiro atoms. The SMILES string of the molecule is O=C(COc1ccccc1F)N/N=C\c1ccccn1. The number of aromatic nitrogens is 1. The zero-order chi connectivity index (χ0) is 14.2. The molecule has 0 aliphatic carbocycles. The molecule has 1 amide bonds. The number of nitrogens with zero attached hydrogens (tertiary/aromatic N) is 2. The summed E-state index contributed by atoms with van der Waals surface area (Å²) in [5.41, 5.74) is 2.88. The molecule has 1 aromatic carbocycles. The first-order chi connectivity index (χ1) is 9.75. The van der Waals surface area contributed by atoms with E-state index in [1.807, 2.05) is 0 Å². The molecule has 0 saturated carbocycles. The van der Waals surface area contributed by atoms with Crippen LogP contribution in [0.5, 0.6) is 5.75 Å². The number of carbonyl (C=O) groups is 1. The Hall–Kier alpha value is -2.76. The van der Waals surface area contributed by atoms with Gasteiger partial charge in [-0.15, -0.1) is 0 Å². The predicted octanol–water partition coefficient (Wildman–Crippen LogP) is 1.75. The topological polar surface area (TPSA) is 63.6 Å². The molecule has 20 heavy (non-hydrogen) atoms. The van der Waals surface area contributed by atoms with Crippen molar-refractivity contribution in [1.29, 1.82) is 0 Å². The quantitative estimate of drug-likeness (QED) is 0.666.